The maximum absolute atomic E-state index is 11.7. The van der Waals surface area contributed by atoms with Gasteiger partial charge in [-0.2, -0.15) is 0 Å². The molecule has 4 N–H and O–H groups in total. The van der Waals surface area contributed by atoms with Gasteiger partial charge in [-0.25, -0.2) is 0 Å². The summed E-state index contributed by atoms with van der Waals surface area (Å²) in [6.07, 6.45) is 4.69. The van der Waals surface area contributed by atoms with Crippen molar-refractivity contribution in [1.29, 1.82) is 0 Å². The van der Waals surface area contributed by atoms with E-state index >= 15 is 0 Å². The average molecular weight is 475 g/mol. The average Bonchev–Trinajstić information content (AvgIpc) is 3.32. The van der Waals surface area contributed by atoms with Crippen molar-refractivity contribution in [3.05, 3.63) is 12.2 Å². The van der Waals surface area contributed by atoms with Crippen LogP contribution in [0.15, 0.2) is 12.2 Å². The van der Waals surface area contributed by atoms with Crippen molar-refractivity contribution in [3.63, 3.8) is 0 Å². The largest absolute Gasteiger partial charge is 0.393 e. The van der Waals surface area contributed by atoms with Crippen molar-refractivity contribution in [2.24, 2.45) is 57.7 Å². The fourth-order valence-corrected chi connectivity index (χ4v) is 10.8. The maximum Gasteiger partial charge on any atom is 0.0986 e. The van der Waals surface area contributed by atoms with Gasteiger partial charge < -0.3 is 20.4 Å². The van der Waals surface area contributed by atoms with Gasteiger partial charge in [-0.3, -0.25) is 0 Å². The Labute approximate surface area is 207 Å². The third-order valence-corrected chi connectivity index (χ3v) is 13.2. The lowest BCUT2D eigenvalue weighted by Crippen LogP contribution is -2.71. The summed E-state index contributed by atoms with van der Waals surface area (Å²) < 4.78 is 0. The molecule has 0 heterocycles. The molecule has 14 atom stereocenters. The lowest BCUT2D eigenvalue weighted by molar-refractivity contribution is -0.283. The van der Waals surface area contributed by atoms with E-state index in [1.165, 1.54) is 24.8 Å². The lowest BCUT2D eigenvalue weighted by Gasteiger charge is -2.66. The van der Waals surface area contributed by atoms with Crippen LogP contribution in [0.2, 0.25) is 0 Å². The van der Waals surface area contributed by atoms with Gasteiger partial charge in [0.05, 0.1) is 23.9 Å². The minimum Gasteiger partial charge on any atom is -0.393 e. The second-order valence-electron chi connectivity index (χ2n) is 14.5. The fraction of sp³-hybridized carbons (Fsp3) is 0.933. The van der Waals surface area contributed by atoms with E-state index in [0.29, 0.717) is 54.3 Å². The van der Waals surface area contributed by atoms with E-state index in [1.807, 2.05) is 0 Å². The van der Waals surface area contributed by atoms with E-state index in [4.69, 9.17) is 0 Å². The van der Waals surface area contributed by atoms with E-state index in [9.17, 15) is 20.4 Å². The third-order valence-electron chi connectivity index (χ3n) is 13.2. The number of aliphatic hydroxyl groups excluding tert-OH is 3. The van der Waals surface area contributed by atoms with Crippen LogP contribution in [0.25, 0.3) is 0 Å². The molecule has 5 rings (SSSR count). The van der Waals surface area contributed by atoms with Crippen LogP contribution in [0.3, 0.4) is 0 Å². The second-order valence-corrected chi connectivity index (χ2v) is 14.5. The molecular weight excluding hydrogens is 424 g/mol. The minimum atomic E-state index is -1.31. The van der Waals surface area contributed by atoms with Crippen LogP contribution in [0.4, 0.5) is 0 Å². The predicted molar refractivity (Wildman–Crippen MR) is 135 cm³/mol. The molecule has 34 heavy (non-hydrogen) atoms. The van der Waals surface area contributed by atoms with Gasteiger partial charge in [0.2, 0.25) is 0 Å². The zero-order valence-corrected chi connectivity index (χ0v) is 22.4. The molecule has 14 unspecified atom stereocenters. The lowest BCUT2D eigenvalue weighted by atomic mass is 9.41. The Bertz CT molecular complexity index is 842. The van der Waals surface area contributed by atoms with Gasteiger partial charge in [0.15, 0.2) is 0 Å². The molecule has 0 aromatic heterocycles. The van der Waals surface area contributed by atoms with Crippen LogP contribution in [-0.2, 0) is 0 Å². The number of hydrogen-bond acceptors (Lipinski definition) is 4. The Kier molecular flexibility index (Phi) is 5.78. The van der Waals surface area contributed by atoms with Gasteiger partial charge in [0, 0.05) is 11.8 Å². The van der Waals surface area contributed by atoms with Crippen LogP contribution in [0.1, 0.15) is 92.9 Å². The summed E-state index contributed by atoms with van der Waals surface area (Å²) >= 11 is 0. The van der Waals surface area contributed by atoms with Crippen LogP contribution in [0.5, 0.6) is 0 Å². The van der Waals surface area contributed by atoms with Crippen LogP contribution >= 0.6 is 0 Å². The van der Waals surface area contributed by atoms with Gasteiger partial charge >= 0.3 is 0 Å². The molecule has 0 radical (unpaired) electrons. The first-order valence-electron chi connectivity index (χ1n) is 14.1. The Hall–Kier alpha value is -0.420. The Morgan fingerprint density at radius 3 is 2.26 bits per heavy atom. The summed E-state index contributed by atoms with van der Waals surface area (Å²) in [5.41, 5.74) is -0.136. The first kappa shape index (κ1) is 25.2. The number of rotatable bonds is 4. The molecule has 5 fully saturated rings. The zero-order valence-electron chi connectivity index (χ0n) is 22.4. The topological polar surface area (TPSA) is 80.9 Å². The second kappa shape index (κ2) is 7.79. The van der Waals surface area contributed by atoms with Gasteiger partial charge in [-0.05, 0) is 104 Å². The van der Waals surface area contributed by atoms with Crippen molar-refractivity contribution in [3.8, 4) is 0 Å². The summed E-state index contributed by atoms with van der Waals surface area (Å²) in [5, 5.41) is 45.0. The number of fused-ring (bicyclic) bond motifs is 5. The molecule has 4 heteroatoms. The molecule has 4 nitrogen and oxygen atoms in total. The van der Waals surface area contributed by atoms with E-state index in [0.717, 1.165) is 6.42 Å². The molecule has 0 aliphatic heterocycles. The van der Waals surface area contributed by atoms with Crippen molar-refractivity contribution in [2.75, 3.05) is 0 Å². The molecule has 0 aromatic carbocycles. The van der Waals surface area contributed by atoms with Gasteiger partial charge in [0.25, 0.3) is 0 Å². The Morgan fingerprint density at radius 1 is 0.941 bits per heavy atom. The Morgan fingerprint density at radius 2 is 1.62 bits per heavy atom. The molecule has 194 valence electrons. The van der Waals surface area contributed by atoms with E-state index in [2.05, 4.69) is 48.1 Å². The molecule has 5 aliphatic carbocycles. The number of aliphatic hydroxyl groups is 4. The SMILES string of the molecule is C=C(C)C(C)C1(C)CC1C(C)C1CCC2C3CC(O)C4(O)CC(O)CCC4(C)C3C(O)CC12C. The van der Waals surface area contributed by atoms with Crippen LogP contribution in [-0.4, -0.2) is 44.3 Å². The fourth-order valence-electron chi connectivity index (χ4n) is 10.8. The molecule has 5 saturated carbocycles. The molecule has 0 bridgehead atoms. The quantitative estimate of drug-likeness (QED) is 0.435. The predicted octanol–water partition coefficient (Wildman–Crippen LogP) is 4.94. The van der Waals surface area contributed by atoms with Gasteiger partial charge in [0.1, 0.15) is 0 Å². The minimum absolute atomic E-state index is 0.00448. The highest BCUT2D eigenvalue weighted by atomic mass is 16.3. The summed E-state index contributed by atoms with van der Waals surface area (Å²) in [5.74, 6) is 3.19. The monoisotopic (exact) mass is 474 g/mol. The van der Waals surface area contributed by atoms with E-state index in [1.54, 1.807) is 0 Å². The van der Waals surface area contributed by atoms with Crippen LogP contribution in [0, 0.1) is 57.7 Å². The van der Waals surface area contributed by atoms with Crippen molar-refractivity contribution in [1.82, 2.24) is 0 Å². The first-order valence-corrected chi connectivity index (χ1v) is 14.1. The highest BCUT2D eigenvalue weighted by Gasteiger charge is 2.70. The smallest absolute Gasteiger partial charge is 0.0986 e. The van der Waals surface area contributed by atoms with Crippen molar-refractivity contribution < 1.29 is 20.4 Å². The van der Waals surface area contributed by atoms with Crippen molar-refractivity contribution in [2.45, 2.75) is 117 Å². The van der Waals surface area contributed by atoms with Gasteiger partial charge in [-0.15, -0.1) is 0 Å². The summed E-state index contributed by atoms with van der Waals surface area (Å²) in [6.45, 7) is 18.2. The molecule has 5 aliphatic rings. The third kappa shape index (κ3) is 3.17. The molecule has 0 amide bonds. The highest BCUT2D eigenvalue weighted by Crippen LogP contribution is 2.72. The van der Waals surface area contributed by atoms with E-state index in [-0.39, 0.29) is 23.7 Å². The summed E-state index contributed by atoms with van der Waals surface area (Å²) in [7, 11) is 0. The Balaban J connectivity index is 1.42. The van der Waals surface area contributed by atoms with Gasteiger partial charge in [-0.1, -0.05) is 46.8 Å². The zero-order chi connectivity index (χ0) is 25.0. The number of hydrogen-bond donors (Lipinski definition) is 4. The van der Waals surface area contributed by atoms with Crippen molar-refractivity contribution >= 4 is 0 Å². The summed E-state index contributed by atoms with van der Waals surface area (Å²) in [6, 6.07) is 0. The molecular formula is C30H50O4. The summed E-state index contributed by atoms with van der Waals surface area (Å²) in [4.78, 5) is 0. The molecule has 0 saturated heterocycles. The normalized spacial score (nSPS) is 58.3. The highest BCUT2D eigenvalue weighted by molar-refractivity contribution is 5.20. The number of allylic oxidation sites excluding steroid dienone is 1. The standard InChI is InChI=1S/C30H50O4/c1-16(2)18(4)27(5)14-23(27)17(3)21-8-9-22-20-12-25(33)30(34)13-19(31)10-11-29(30,7)26(20)24(32)15-28(21,22)6/h17-26,31-34H,1,8-15H2,2-7H3. The molecule has 0 spiro atoms. The maximum atomic E-state index is 11.7. The van der Waals surface area contributed by atoms with E-state index < -0.39 is 29.3 Å². The van der Waals surface area contributed by atoms with Crippen LogP contribution < -0.4 is 0 Å². The first-order chi connectivity index (χ1) is 15.7. The molecule has 0 aromatic rings.